The molecule has 1 amide bonds. The molecule has 2 atom stereocenters. The van der Waals surface area contributed by atoms with E-state index < -0.39 is 0 Å². The van der Waals surface area contributed by atoms with E-state index in [9.17, 15) is 4.79 Å². The van der Waals surface area contributed by atoms with Crippen LogP contribution < -0.4 is 14.8 Å². The first-order valence-electron chi connectivity index (χ1n) is 6.44. The monoisotopic (exact) mass is 247 g/mol. The van der Waals surface area contributed by atoms with Gasteiger partial charge >= 0.3 is 0 Å². The zero-order chi connectivity index (χ0) is 12.5. The van der Waals surface area contributed by atoms with Gasteiger partial charge in [-0.3, -0.25) is 4.79 Å². The molecule has 1 aliphatic heterocycles. The number of ether oxygens (including phenoxy) is 2. The van der Waals surface area contributed by atoms with Gasteiger partial charge in [0.25, 0.3) is 0 Å². The van der Waals surface area contributed by atoms with E-state index in [2.05, 4.69) is 12.2 Å². The Labute approximate surface area is 106 Å². The van der Waals surface area contributed by atoms with Crippen molar-refractivity contribution in [2.45, 2.75) is 19.8 Å². The summed E-state index contributed by atoms with van der Waals surface area (Å²) in [5, 5.41) is 2.93. The van der Waals surface area contributed by atoms with Crippen molar-refractivity contribution in [3.8, 4) is 11.5 Å². The normalized spacial score (nSPS) is 25.2. The van der Waals surface area contributed by atoms with Crippen molar-refractivity contribution in [1.82, 2.24) is 0 Å². The Morgan fingerprint density at radius 3 is 2.72 bits per heavy atom. The average Bonchev–Trinajstić information content (AvgIpc) is 3.11. The van der Waals surface area contributed by atoms with Crippen LogP contribution in [0.2, 0.25) is 0 Å². The Morgan fingerprint density at radius 2 is 2.00 bits per heavy atom. The van der Waals surface area contributed by atoms with Gasteiger partial charge in [-0.1, -0.05) is 6.92 Å². The van der Waals surface area contributed by atoms with Gasteiger partial charge in [-0.05, 0) is 24.5 Å². The first-order chi connectivity index (χ1) is 8.74. The Hall–Kier alpha value is -1.71. The summed E-state index contributed by atoms with van der Waals surface area (Å²) in [5.74, 6) is 2.28. The van der Waals surface area contributed by atoms with Crippen LogP contribution in [0, 0.1) is 11.8 Å². The number of anilines is 1. The molecular weight excluding hydrogens is 230 g/mol. The first-order valence-corrected chi connectivity index (χ1v) is 6.44. The Balaban J connectivity index is 1.73. The van der Waals surface area contributed by atoms with Gasteiger partial charge in [0.1, 0.15) is 0 Å². The van der Waals surface area contributed by atoms with Crippen LogP contribution in [0.25, 0.3) is 0 Å². The number of carbonyl (C=O) groups excluding carboxylic acids is 1. The summed E-state index contributed by atoms with van der Waals surface area (Å²) in [5.41, 5.74) is 0.781. The van der Waals surface area contributed by atoms with Crippen LogP contribution in [0.5, 0.6) is 11.5 Å². The van der Waals surface area contributed by atoms with E-state index in [1.54, 1.807) is 0 Å². The molecule has 1 aromatic carbocycles. The molecule has 1 N–H and O–H groups in total. The lowest BCUT2D eigenvalue weighted by molar-refractivity contribution is -0.117. The van der Waals surface area contributed by atoms with E-state index in [1.165, 1.54) is 0 Å². The van der Waals surface area contributed by atoms with Gasteiger partial charge in [-0.2, -0.15) is 0 Å². The minimum absolute atomic E-state index is 0.108. The van der Waals surface area contributed by atoms with E-state index >= 15 is 0 Å². The quantitative estimate of drug-likeness (QED) is 0.873. The summed E-state index contributed by atoms with van der Waals surface area (Å²) in [7, 11) is 0. The summed E-state index contributed by atoms with van der Waals surface area (Å²) >= 11 is 0. The maximum absolute atomic E-state index is 11.8. The molecule has 0 saturated heterocycles. The summed E-state index contributed by atoms with van der Waals surface area (Å²) in [6, 6.07) is 5.55. The van der Waals surface area contributed by atoms with E-state index in [0.29, 0.717) is 24.9 Å². The zero-order valence-electron chi connectivity index (χ0n) is 10.4. The maximum Gasteiger partial charge on any atom is 0.227 e. The molecule has 96 valence electrons. The summed E-state index contributed by atoms with van der Waals surface area (Å²) in [6.45, 7) is 3.43. The smallest absolute Gasteiger partial charge is 0.227 e. The van der Waals surface area contributed by atoms with E-state index in [-0.39, 0.29) is 11.8 Å². The van der Waals surface area contributed by atoms with Crippen LogP contribution in [0.3, 0.4) is 0 Å². The highest BCUT2D eigenvalue weighted by atomic mass is 16.5. The van der Waals surface area contributed by atoms with Crippen molar-refractivity contribution < 1.29 is 14.3 Å². The number of benzene rings is 1. The molecule has 1 aliphatic carbocycles. The van der Waals surface area contributed by atoms with E-state index in [1.807, 2.05) is 18.2 Å². The third kappa shape index (κ3) is 2.28. The number of hydrogen-bond acceptors (Lipinski definition) is 3. The van der Waals surface area contributed by atoms with Crippen LogP contribution in [-0.2, 0) is 4.79 Å². The van der Waals surface area contributed by atoms with E-state index in [4.69, 9.17) is 9.47 Å². The third-order valence-electron chi connectivity index (χ3n) is 3.46. The molecule has 0 unspecified atom stereocenters. The van der Waals surface area contributed by atoms with Crippen LogP contribution >= 0.6 is 0 Å². The third-order valence-corrected chi connectivity index (χ3v) is 3.46. The second-order valence-corrected chi connectivity index (χ2v) is 5.02. The molecular formula is C14H17NO3. The van der Waals surface area contributed by atoms with Crippen molar-refractivity contribution >= 4 is 11.6 Å². The number of rotatable bonds is 2. The lowest BCUT2D eigenvalue weighted by Gasteiger charge is -2.10. The zero-order valence-corrected chi connectivity index (χ0v) is 10.4. The van der Waals surface area contributed by atoms with Crippen LogP contribution in [0.4, 0.5) is 5.69 Å². The topological polar surface area (TPSA) is 47.6 Å². The first kappa shape index (κ1) is 11.4. The van der Waals surface area contributed by atoms with Gasteiger partial charge in [0.05, 0.1) is 13.2 Å². The fraction of sp³-hybridized carbons (Fsp3) is 0.500. The highest BCUT2D eigenvalue weighted by Crippen LogP contribution is 2.39. The molecule has 2 aliphatic rings. The minimum Gasteiger partial charge on any atom is -0.490 e. The van der Waals surface area contributed by atoms with Crippen LogP contribution in [-0.4, -0.2) is 19.1 Å². The van der Waals surface area contributed by atoms with Gasteiger partial charge in [0.2, 0.25) is 5.91 Å². The fourth-order valence-corrected chi connectivity index (χ4v) is 2.16. The SMILES string of the molecule is C[C@@H]1C[C@H]1C(=O)Nc1ccc2c(c1)OCCCO2. The highest BCUT2D eigenvalue weighted by Gasteiger charge is 2.39. The Kier molecular flexibility index (Phi) is 2.86. The molecule has 0 spiro atoms. The number of amides is 1. The number of hydrogen-bond donors (Lipinski definition) is 1. The van der Waals surface area contributed by atoms with Crippen molar-refractivity contribution in [3.05, 3.63) is 18.2 Å². The predicted molar refractivity (Wildman–Crippen MR) is 67.9 cm³/mol. The van der Waals surface area contributed by atoms with Crippen molar-refractivity contribution in [1.29, 1.82) is 0 Å². The number of nitrogens with one attached hydrogen (secondary N) is 1. The van der Waals surface area contributed by atoms with Gasteiger partial charge in [0, 0.05) is 24.1 Å². The summed E-state index contributed by atoms with van der Waals surface area (Å²) < 4.78 is 11.1. The second kappa shape index (κ2) is 4.52. The summed E-state index contributed by atoms with van der Waals surface area (Å²) in [4.78, 5) is 11.8. The molecule has 1 aromatic rings. The van der Waals surface area contributed by atoms with Gasteiger partial charge in [0.15, 0.2) is 11.5 Å². The lowest BCUT2D eigenvalue weighted by atomic mass is 10.2. The predicted octanol–water partition coefficient (Wildman–Crippen LogP) is 2.44. The molecule has 0 aromatic heterocycles. The molecule has 4 nitrogen and oxygen atoms in total. The minimum atomic E-state index is 0.108. The molecule has 0 radical (unpaired) electrons. The molecule has 1 fully saturated rings. The second-order valence-electron chi connectivity index (χ2n) is 5.02. The molecule has 0 bridgehead atoms. The molecule has 1 saturated carbocycles. The molecule has 3 rings (SSSR count). The van der Waals surface area contributed by atoms with E-state index in [0.717, 1.165) is 24.3 Å². The van der Waals surface area contributed by atoms with Crippen molar-refractivity contribution in [3.63, 3.8) is 0 Å². The average molecular weight is 247 g/mol. The van der Waals surface area contributed by atoms with Crippen LogP contribution in [0.1, 0.15) is 19.8 Å². The van der Waals surface area contributed by atoms with Gasteiger partial charge < -0.3 is 14.8 Å². The number of carbonyl (C=O) groups is 1. The number of fused-ring (bicyclic) bond motifs is 1. The van der Waals surface area contributed by atoms with Gasteiger partial charge in [-0.25, -0.2) is 0 Å². The maximum atomic E-state index is 11.8. The molecule has 1 heterocycles. The van der Waals surface area contributed by atoms with Crippen LogP contribution in [0.15, 0.2) is 18.2 Å². The summed E-state index contributed by atoms with van der Waals surface area (Å²) in [6.07, 6.45) is 1.88. The Bertz CT molecular complexity index is 472. The van der Waals surface area contributed by atoms with Crippen molar-refractivity contribution in [2.24, 2.45) is 11.8 Å². The van der Waals surface area contributed by atoms with Crippen molar-refractivity contribution in [2.75, 3.05) is 18.5 Å². The molecule has 18 heavy (non-hydrogen) atoms. The highest BCUT2D eigenvalue weighted by molar-refractivity contribution is 5.94. The largest absolute Gasteiger partial charge is 0.490 e. The molecule has 4 heteroatoms. The Morgan fingerprint density at radius 1 is 1.28 bits per heavy atom. The lowest BCUT2D eigenvalue weighted by Crippen LogP contribution is -2.14. The van der Waals surface area contributed by atoms with Gasteiger partial charge in [-0.15, -0.1) is 0 Å². The standard InChI is InChI=1S/C14H17NO3/c1-9-7-11(9)14(16)15-10-3-4-12-13(8-10)18-6-2-5-17-12/h3-4,8-9,11H,2,5-7H2,1H3,(H,15,16)/t9-,11-/m1/s1. The fourth-order valence-electron chi connectivity index (χ4n) is 2.16.